The van der Waals surface area contributed by atoms with Gasteiger partial charge in [-0.3, -0.25) is 4.79 Å². The standard InChI is InChI=1S/C19H35N3O2/c1-16-5-2-3-9-21(16)13-17-6-4-10-22(14-17)18(23)19(15-20)7-11-24-12-8-19/h16-17H,2-15,20H2,1H3. The number of hydrogen-bond acceptors (Lipinski definition) is 4. The van der Waals surface area contributed by atoms with Crippen molar-refractivity contribution < 1.29 is 9.53 Å². The van der Waals surface area contributed by atoms with E-state index in [0.717, 1.165) is 38.9 Å². The number of carbonyl (C=O) groups excluding carboxylic acids is 1. The molecule has 138 valence electrons. The Morgan fingerprint density at radius 1 is 1.17 bits per heavy atom. The number of ether oxygens (including phenoxy) is 1. The Morgan fingerprint density at radius 3 is 2.67 bits per heavy atom. The molecular weight excluding hydrogens is 302 g/mol. The smallest absolute Gasteiger partial charge is 0.230 e. The van der Waals surface area contributed by atoms with Gasteiger partial charge in [-0.15, -0.1) is 0 Å². The molecule has 3 aliphatic heterocycles. The molecule has 0 aromatic rings. The fourth-order valence-corrected chi connectivity index (χ4v) is 4.76. The third-order valence-corrected chi connectivity index (χ3v) is 6.53. The molecule has 0 bridgehead atoms. The summed E-state index contributed by atoms with van der Waals surface area (Å²) in [7, 11) is 0. The van der Waals surface area contributed by atoms with E-state index in [4.69, 9.17) is 10.5 Å². The lowest BCUT2D eigenvalue weighted by Crippen LogP contribution is -2.54. The lowest BCUT2D eigenvalue weighted by Gasteiger charge is -2.43. The second-order valence-corrected chi connectivity index (χ2v) is 8.20. The first kappa shape index (κ1) is 18.2. The number of nitrogens with two attached hydrogens (primary N) is 1. The van der Waals surface area contributed by atoms with Gasteiger partial charge in [0.1, 0.15) is 0 Å². The van der Waals surface area contributed by atoms with E-state index in [1.807, 2.05) is 0 Å². The largest absolute Gasteiger partial charge is 0.381 e. The molecule has 3 heterocycles. The maximum atomic E-state index is 13.2. The van der Waals surface area contributed by atoms with E-state index in [-0.39, 0.29) is 5.41 Å². The average molecular weight is 338 g/mol. The molecule has 2 atom stereocenters. The van der Waals surface area contributed by atoms with Crippen LogP contribution in [-0.4, -0.2) is 67.7 Å². The molecule has 2 unspecified atom stereocenters. The number of nitrogens with zero attached hydrogens (tertiary/aromatic N) is 2. The van der Waals surface area contributed by atoms with Crippen molar-refractivity contribution in [2.24, 2.45) is 17.1 Å². The number of carbonyl (C=O) groups is 1. The SMILES string of the molecule is CC1CCCCN1CC1CCCN(C(=O)C2(CN)CCOCC2)C1. The van der Waals surface area contributed by atoms with Gasteiger partial charge >= 0.3 is 0 Å². The van der Waals surface area contributed by atoms with Gasteiger partial charge in [0.15, 0.2) is 0 Å². The molecule has 2 N–H and O–H groups in total. The van der Waals surface area contributed by atoms with E-state index >= 15 is 0 Å². The summed E-state index contributed by atoms with van der Waals surface area (Å²) >= 11 is 0. The number of rotatable bonds is 4. The Bertz CT molecular complexity index is 423. The molecular formula is C19H35N3O2. The first-order chi connectivity index (χ1) is 11.6. The molecule has 3 saturated heterocycles. The van der Waals surface area contributed by atoms with Crippen LogP contribution >= 0.6 is 0 Å². The molecule has 5 heteroatoms. The van der Waals surface area contributed by atoms with Crippen LogP contribution in [-0.2, 0) is 9.53 Å². The van der Waals surface area contributed by atoms with Crippen molar-refractivity contribution in [3.05, 3.63) is 0 Å². The van der Waals surface area contributed by atoms with Gasteiger partial charge in [-0.1, -0.05) is 6.42 Å². The van der Waals surface area contributed by atoms with E-state index in [0.29, 0.717) is 37.6 Å². The maximum absolute atomic E-state index is 13.2. The summed E-state index contributed by atoms with van der Waals surface area (Å²) in [5.41, 5.74) is 5.67. The van der Waals surface area contributed by atoms with Gasteiger partial charge in [-0.25, -0.2) is 0 Å². The molecule has 3 rings (SSSR count). The van der Waals surface area contributed by atoms with Crippen LogP contribution in [0.4, 0.5) is 0 Å². The van der Waals surface area contributed by atoms with Crippen molar-refractivity contribution in [2.45, 2.75) is 57.9 Å². The lowest BCUT2D eigenvalue weighted by molar-refractivity contribution is -0.149. The number of likely N-dealkylation sites (tertiary alicyclic amines) is 2. The molecule has 0 aromatic carbocycles. The zero-order chi connectivity index (χ0) is 17.0. The number of hydrogen-bond donors (Lipinski definition) is 1. The van der Waals surface area contributed by atoms with Crippen LogP contribution in [0.15, 0.2) is 0 Å². The van der Waals surface area contributed by atoms with Crippen LogP contribution in [0, 0.1) is 11.3 Å². The molecule has 0 spiro atoms. The van der Waals surface area contributed by atoms with E-state index < -0.39 is 0 Å². The number of amides is 1. The first-order valence-electron chi connectivity index (χ1n) is 9.96. The average Bonchev–Trinajstić information content (AvgIpc) is 2.64. The Morgan fingerprint density at radius 2 is 1.96 bits per heavy atom. The Kier molecular flexibility index (Phi) is 6.17. The highest BCUT2D eigenvalue weighted by Gasteiger charge is 2.42. The summed E-state index contributed by atoms with van der Waals surface area (Å²) in [5.74, 6) is 0.919. The highest BCUT2D eigenvalue weighted by molar-refractivity contribution is 5.83. The highest BCUT2D eigenvalue weighted by Crippen LogP contribution is 2.33. The minimum atomic E-state index is -0.363. The molecule has 3 fully saturated rings. The molecule has 0 radical (unpaired) electrons. The Hall–Kier alpha value is -0.650. The molecule has 0 saturated carbocycles. The topological polar surface area (TPSA) is 58.8 Å². The monoisotopic (exact) mass is 337 g/mol. The molecule has 24 heavy (non-hydrogen) atoms. The fraction of sp³-hybridized carbons (Fsp3) is 0.947. The molecule has 0 aliphatic carbocycles. The zero-order valence-corrected chi connectivity index (χ0v) is 15.3. The van der Waals surface area contributed by atoms with Crippen molar-refractivity contribution >= 4 is 5.91 Å². The Balaban J connectivity index is 1.59. The fourth-order valence-electron chi connectivity index (χ4n) is 4.76. The van der Waals surface area contributed by atoms with Crippen molar-refractivity contribution in [1.29, 1.82) is 0 Å². The number of piperidine rings is 2. The van der Waals surface area contributed by atoms with Crippen LogP contribution in [0.2, 0.25) is 0 Å². The predicted octanol–water partition coefficient (Wildman–Crippen LogP) is 1.85. The molecule has 1 amide bonds. The highest BCUT2D eigenvalue weighted by atomic mass is 16.5. The van der Waals surface area contributed by atoms with Crippen LogP contribution < -0.4 is 5.73 Å². The summed E-state index contributed by atoms with van der Waals surface area (Å²) in [5, 5.41) is 0. The third-order valence-electron chi connectivity index (χ3n) is 6.53. The van der Waals surface area contributed by atoms with E-state index in [1.165, 1.54) is 32.2 Å². The summed E-state index contributed by atoms with van der Waals surface area (Å²) in [6.45, 7) is 8.38. The third kappa shape index (κ3) is 3.94. The predicted molar refractivity (Wildman–Crippen MR) is 95.7 cm³/mol. The van der Waals surface area contributed by atoms with Gasteiger partial charge in [-0.05, 0) is 57.9 Å². The van der Waals surface area contributed by atoms with E-state index in [1.54, 1.807) is 0 Å². The second kappa shape index (κ2) is 8.15. The summed E-state index contributed by atoms with van der Waals surface area (Å²) in [6.07, 6.45) is 7.98. The van der Waals surface area contributed by atoms with Gasteiger partial charge in [0, 0.05) is 45.4 Å². The molecule has 5 nitrogen and oxygen atoms in total. The lowest BCUT2D eigenvalue weighted by atomic mass is 9.78. The minimum absolute atomic E-state index is 0.296. The van der Waals surface area contributed by atoms with Crippen LogP contribution in [0.5, 0.6) is 0 Å². The maximum Gasteiger partial charge on any atom is 0.230 e. The summed E-state index contributed by atoms with van der Waals surface area (Å²) in [4.78, 5) is 18.0. The van der Waals surface area contributed by atoms with Gasteiger partial charge < -0.3 is 20.3 Å². The Labute approximate surface area is 146 Å². The zero-order valence-electron chi connectivity index (χ0n) is 15.3. The van der Waals surface area contributed by atoms with E-state index in [9.17, 15) is 4.79 Å². The van der Waals surface area contributed by atoms with Crippen LogP contribution in [0.25, 0.3) is 0 Å². The normalized spacial score (nSPS) is 31.8. The summed E-state index contributed by atoms with van der Waals surface area (Å²) < 4.78 is 5.46. The van der Waals surface area contributed by atoms with Crippen molar-refractivity contribution in [2.75, 3.05) is 45.9 Å². The van der Waals surface area contributed by atoms with Crippen LogP contribution in [0.3, 0.4) is 0 Å². The quantitative estimate of drug-likeness (QED) is 0.851. The van der Waals surface area contributed by atoms with Gasteiger partial charge in [0.05, 0.1) is 5.41 Å². The molecule has 0 aromatic heterocycles. The molecule has 3 aliphatic rings. The minimum Gasteiger partial charge on any atom is -0.381 e. The van der Waals surface area contributed by atoms with Gasteiger partial charge in [0.25, 0.3) is 0 Å². The van der Waals surface area contributed by atoms with Gasteiger partial charge in [-0.2, -0.15) is 0 Å². The van der Waals surface area contributed by atoms with Gasteiger partial charge in [0.2, 0.25) is 5.91 Å². The van der Waals surface area contributed by atoms with E-state index in [2.05, 4.69) is 16.7 Å². The summed E-state index contributed by atoms with van der Waals surface area (Å²) in [6, 6.07) is 0.704. The van der Waals surface area contributed by atoms with Crippen molar-refractivity contribution in [1.82, 2.24) is 9.80 Å². The first-order valence-corrected chi connectivity index (χ1v) is 9.96. The van der Waals surface area contributed by atoms with Crippen molar-refractivity contribution in [3.8, 4) is 0 Å². The second-order valence-electron chi connectivity index (χ2n) is 8.20. The van der Waals surface area contributed by atoms with Crippen molar-refractivity contribution in [3.63, 3.8) is 0 Å². The van der Waals surface area contributed by atoms with Crippen LogP contribution in [0.1, 0.15) is 51.9 Å².